The molecule has 98 valence electrons. The number of aryl methyl sites for hydroxylation is 1. The Hall–Kier alpha value is -0.590. The van der Waals surface area contributed by atoms with E-state index < -0.39 is 0 Å². The Morgan fingerprint density at radius 3 is 2.76 bits per heavy atom. The minimum Gasteiger partial charge on any atom is -0.395 e. The van der Waals surface area contributed by atoms with E-state index >= 15 is 0 Å². The summed E-state index contributed by atoms with van der Waals surface area (Å²) in [7, 11) is 1.97. The van der Waals surface area contributed by atoms with Crippen LogP contribution in [-0.4, -0.2) is 44.8 Å². The second kappa shape index (κ2) is 7.68. The minimum atomic E-state index is 0.191. The van der Waals surface area contributed by atoms with Gasteiger partial charge in [0.1, 0.15) is 5.82 Å². The van der Waals surface area contributed by atoms with Gasteiger partial charge in [-0.25, -0.2) is 0 Å². The number of thioether (sulfide) groups is 1. The monoisotopic (exact) mass is 258 g/mol. The molecule has 0 aliphatic carbocycles. The van der Waals surface area contributed by atoms with E-state index in [0.717, 1.165) is 36.1 Å². The van der Waals surface area contributed by atoms with Crippen LogP contribution in [0.1, 0.15) is 25.6 Å². The third-order valence-corrected chi connectivity index (χ3v) is 3.71. The lowest BCUT2D eigenvalue weighted by atomic mass is 10.2. The molecule has 0 saturated heterocycles. The van der Waals surface area contributed by atoms with Crippen molar-refractivity contribution < 1.29 is 5.11 Å². The van der Waals surface area contributed by atoms with Crippen LogP contribution in [0.2, 0.25) is 0 Å². The molecule has 1 unspecified atom stereocenters. The zero-order chi connectivity index (χ0) is 12.7. The average Bonchev–Trinajstić information content (AvgIpc) is 2.65. The lowest BCUT2D eigenvalue weighted by Gasteiger charge is -2.14. The van der Waals surface area contributed by atoms with E-state index in [2.05, 4.69) is 22.4 Å². The highest BCUT2D eigenvalue weighted by molar-refractivity contribution is 7.99. The average molecular weight is 258 g/mol. The molecular weight excluding hydrogens is 236 g/mol. The van der Waals surface area contributed by atoms with Crippen molar-refractivity contribution in [1.29, 1.82) is 0 Å². The first kappa shape index (κ1) is 14.5. The van der Waals surface area contributed by atoms with Crippen molar-refractivity contribution in [2.45, 2.75) is 37.9 Å². The van der Waals surface area contributed by atoms with Gasteiger partial charge in [0.2, 0.25) is 0 Å². The molecule has 0 spiro atoms. The second-order valence-electron chi connectivity index (χ2n) is 4.06. The normalized spacial score (nSPS) is 12.9. The van der Waals surface area contributed by atoms with E-state index in [1.54, 1.807) is 11.8 Å². The number of nitrogens with zero attached hydrogens (tertiary/aromatic N) is 3. The topological polar surface area (TPSA) is 63.0 Å². The molecule has 17 heavy (non-hydrogen) atoms. The van der Waals surface area contributed by atoms with E-state index in [0.29, 0.717) is 0 Å². The van der Waals surface area contributed by atoms with Crippen LogP contribution in [0.3, 0.4) is 0 Å². The van der Waals surface area contributed by atoms with Gasteiger partial charge in [-0.2, -0.15) is 0 Å². The van der Waals surface area contributed by atoms with Crippen LogP contribution in [0.15, 0.2) is 5.16 Å². The van der Waals surface area contributed by atoms with Gasteiger partial charge in [0.05, 0.1) is 6.61 Å². The molecule has 0 bridgehead atoms. The summed E-state index contributed by atoms with van der Waals surface area (Å²) in [5.41, 5.74) is 0. The van der Waals surface area contributed by atoms with Crippen molar-refractivity contribution in [3.05, 3.63) is 5.82 Å². The van der Waals surface area contributed by atoms with Crippen LogP contribution in [0.4, 0.5) is 0 Å². The molecule has 1 aromatic heterocycles. The Bertz CT molecular complexity index is 329. The molecule has 0 aromatic carbocycles. The van der Waals surface area contributed by atoms with Crippen molar-refractivity contribution in [3.63, 3.8) is 0 Å². The largest absolute Gasteiger partial charge is 0.395 e. The van der Waals surface area contributed by atoms with Crippen molar-refractivity contribution in [1.82, 2.24) is 20.1 Å². The second-order valence-corrected chi connectivity index (χ2v) is 5.12. The molecule has 1 atom stereocenters. The summed E-state index contributed by atoms with van der Waals surface area (Å²) < 4.78 is 1.98. The number of hydrogen-bond acceptors (Lipinski definition) is 5. The first-order valence-corrected chi connectivity index (χ1v) is 7.00. The van der Waals surface area contributed by atoms with Gasteiger partial charge < -0.3 is 15.0 Å². The minimum absolute atomic E-state index is 0.191. The summed E-state index contributed by atoms with van der Waals surface area (Å²) in [6.07, 6.45) is 2.03. The Balaban J connectivity index is 2.28. The molecule has 0 radical (unpaired) electrons. The molecule has 0 aliphatic heterocycles. The van der Waals surface area contributed by atoms with Crippen LogP contribution in [0.25, 0.3) is 0 Å². The van der Waals surface area contributed by atoms with Gasteiger partial charge in [-0.15, -0.1) is 10.2 Å². The number of hydrogen-bond donors (Lipinski definition) is 2. The summed E-state index contributed by atoms with van der Waals surface area (Å²) in [5, 5.41) is 21.6. The number of aromatic nitrogens is 3. The molecule has 0 amide bonds. The van der Waals surface area contributed by atoms with Crippen LogP contribution >= 0.6 is 11.8 Å². The molecule has 0 aliphatic rings. The summed E-state index contributed by atoms with van der Waals surface area (Å²) in [4.78, 5) is 0. The Labute approximate surface area is 107 Å². The molecule has 6 heteroatoms. The third-order valence-electron chi connectivity index (χ3n) is 2.65. The van der Waals surface area contributed by atoms with E-state index in [-0.39, 0.29) is 12.6 Å². The maximum atomic E-state index is 9.20. The molecule has 0 fully saturated rings. The maximum absolute atomic E-state index is 9.20. The Kier molecular flexibility index (Phi) is 6.54. The quantitative estimate of drug-likeness (QED) is 0.680. The van der Waals surface area contributed by atoms with Gasteiger partial charge in [-0.05, 0) is 26.3 Å². The zero-order valence-electron chi connectivity index (χ0n) is 10.8. The highest BCUT2D eigenvalue weighted by Gasteiger charge is 2.09. The fourth-order valence-corrected chi connectivity index (χ4v) is 2.42. The number of aliphatic hydroxyl groups excluding tert-OH is 1. The number of nitrogens with one attached hydrogen (secondary N) is 1. The van der Waals surface area contributed by atoms with E-state index in [4.69, 9.17) is 0 Å². The highest BCUT2D eigenvalue weighted by atomic mass is 32.2. The highest BCUT2D eigenvalue weighted by Crippen LogP contribution is 2.16. The van der Waals surface area contributed by atoms with Crippen molar-refractivity contribution >= 4 is 11.8 Å². The van der Waals surface area contributed by atoms with Crippen LogP contribution in [-0.2, 0) is 7.05 Å². The predicted molar refractivity (Wildman–Crippen MR) is 70.2 cm³/mol. The lowest BCUT2D eigenvalue weighted by molar-refractivity contribution is 0.240. The zero-order valence-corrected chi connectivity index (χ0v) is 11.6. The molecule has 5 nitrogen and oxygen atoms in total. The third kappa shape index (κ3) is 4.65. The van der Waals surface area contributed by atoms with Crippen molar-refractivity contribution in [3.8, 4) is 0 Å². The van der Waals surface area contributed by atoms with Crippen molar-refractivity contribution in [2.24, 2.45) is 7.05 Å². The molecular formula is C11H22N4OS. The van der Waals surface area contributed by atoms with E-state index in [1.165, 1.54) is 0 Å². The van der Waals surface area contributed by atoms with Gasteiger partial charge in [-0.3, -0.25) is 0 Å². The first-order valence-electron chi connectivity index (χ1n) is 6.02. The molecule has 0 saturated carbocycles. The predicted octanol–water partition coefficient (Wildman–Crippen LogP) is 0.966. The molecule has 2 N–H and O–H groups in total. The van der Waals surface area contributed by atoms with Crippen molar-refractivity contribution in [2.75, 3.05) is 18.9 Å². The standard InChI is InChI=1S/C11H22N4OS/c1-4-6-12-10(8-16)5-7-17-11-14-13-9(2)15(11)3/h10,12,16H,4-8H2,1-3H3. The fraction of sp³-hybridized carbons (Fsp3) is 0.818. The smallest absolute Gasteiger partial charge is 0.190 e. The Morgan fingerprint density at radius 1 is 1.47 bits per heavy atom. The van der Waals surface area contributed by atoms with E-state index in [9.17, 15) is 5.11 Å². The SMILES string of the molecule is CCCNC(CO)CCSc1nnc(C)n1C. The Morgan fingerprint density at radius 2 is 2.24 bits per heavy atom. The number of aliphatic hydroxyl groups is 1. The molecule has 1 rings (SSSR count). The van der Waals surface area contributed by atoms with Gasteiger partial charge in [0, 0.05) is 18.8 Å². The first-order chi connectivity index (χ1) is 8.19. The van der Waals surface area contributed by atoms with Crippen LogP contribution in [0.5, 0.6) is 0 Å². The van der Waals surface area contributed by atoms with Crippen LogP contribution in [0, 0.1) is 6.92 Å². The fourth-order valence-electron chi connectivity index (χ4n) is 1.41. The molecule has 1 aromatic rings. The number of rotatable bonds is 8. The summed E-state index contributed by atoms with van der Waals surface area (Å²) in [6, 6.07) is 0.191. The van der Waals surface area contributed by atoms with Gasteiger partial charge >= 0.3 is 0 Å². The lowest BCUT2D eigenvalue weighted by Crippen LogP contribution is -2.33. The summed E-state index contributed by atoms with van der Waals surface area (Å²) in [6.45, 7) is 5.21. The van der Waals surface area contributed by atoms with Gasteiger partial charge in [0.25, 0.3) is 0 Å². The maximum Gasteiger partial charge on any atom is 0.190 e. The summed E-state index contributed by atoms with van der Waals surface area (Å²) >= 11 is 1.68. The van der Waals surface area contributed by atoms with Crippen LogP contribution < -0.4 is 5.32 Å². The van der Waals surface area contributed by atoms with Gasteiger partial charge in [-0.1, -0.05) is 18.7 Å². The molecule has 1 heterocycles. The van der Waals surface area contributed by atoms with Gasteiger partial charge in [0.15, 0.2) is 5.16 Å². The summed E-state index contributed by atoms with van der Waals surface area (Å²) in [5.74, 6) is 1.86. The van der Waals surface area contributed by atoms with E-state index in [1.807, 2.05) is 18.5 Å².